The summed E-state index contributed by atoms with van der Waals surface area (Å²) in [5.74, 6) is 0.453. The minimum Gasteiger partial charge on any atom is -0.487 e. The molecule has 1 aromatic carbocycles. The molecule has 0 spiro atoms. The maximum atomic E-state index is 11.8. The number of ether oxygens (including phenoxy) is 1. The number of para-hydroxylation sites is 1. The number of ketones is 1. The van der Waals surface area contributed by atoms with Crippen LogP contribution in [0.2, 0.25) is 0 Å². The van der Waals surface area contributed by atoms with Crippen LogP contribution < -0.4 is 9.64 Å². The molecule has 90 valence electrons. The van der Waals surface area contributed by atoms with E-state index in [0.29, 0.717) is 23.4 Å². The lowest BCUT2D eigenvalue weighted by atomic mass is 10.1. The number of anilines is 1. The van der Waals surface area contributed by atoms with Gasteiger partial charge in [0.25, 0.3) is 0 Å². The molecule has 0 saturated heterocycles. The summed E-state index contributed by atoms with van der Waals surface area (Å²) in [5, 5.41) is 0. The molecule has 4 nitrogen and oxygen atoms in total. The first-order valence-electron chi connectivity index (χ1n) is 5.58. The zero-order valence-electron chi connectivity index (χ0n) is 10.2. The van der Waals surface area contributed by atoms with Crippen LogP contribution in [0.5, 0.6) is 5.75 Å². The maximum Gasteiger partial charge on any atom is 0.230 e. The summed E-state index contributed by atoms with van der Waals surface area (Å²) in [4.78, 5) is 24.9. The van der Waals surface area contributed by atoms with Gasteiger partial charge >= 0.3 is 0 Å². The van der Waals surface area contributed by atoms with Crippen molar-refractivity contribution in [1.82, 2.24) is 0 Å². The fourth-order valence-corrected chi connectivity index (χ4v) is 1.95. The minimum atomic E-state index is -0.216. The van der Waals surface area contributed by atoms with Crippen molar-refractivity contribution >= 4 is 17.4 Å². The maximum absolute atomic E-state index is 11.8. The highest BCUT2D eigenvalue weighted by molar-refractivity contribution is 6.02. The summed E-state index contributed by atoms with van der Waals surface area (Å²) >= 11 is 0. The minimum absolute atomic E-state index is 0.00282. The van der Waals surface area contributed by atoms with Crippen LogP contribution in [0.4, 0.5) is 5.69 Å². The van der Waals surface area contributed by atoms with Crippen molar-refractivity contribution in [2.75, 3.05) is 11.9 Å². The normalized spacial score (nSPS) is 19.4. The lowest BCUT2D eigenvalue weighted by molar-refractivity contribution is -0.119. The van der Waals surface area contributed by atoms with E-state index in [1.807, 2.05) is 6.92 Å². The molecule has 0 fully saturated rings. The second kappa shape index (κ2) is 4.20. The number of carbonyl (C=O) groups excluding carboxylic acids is 2. The molecule has 4 heteroatoms. The van der Waals surface area contributed by atoms with Gasteiger partial charge in [-0.3, -0.25) is 9.59 Å². The van der Waals surface area contributed by atoms with Crippen LogP contribution in [0.25, 0.3) is 0 Å². The van der Waals surface area contributed by atoms with E-state index in [4.69, 9.17) is 4.74 Å². The molecular formula is C13H15NO3. The summed E-state index contributed by atoms with van der Waals surface area (Å²) in [6.45, 7) is 3.33. The molecule has 0 radical (unpaired) electrons. The summed E-state index contributed by atoms with van der Waals surface area (Å²) in [7, 11) is 1.70. The molecule has 0 aromatic heterocycles. The van der Waals surface area contributed by atoms with Crippen LogP contribution in [0.3, 0.4) is 0 Å². The number of fused-ring (bicyclic) bond motifs is 1. The first-order valence-corrected chi connectivity index (χ1v) is 5.58. The second-order valence-electron chi connectivity index (χ2n) is 4.30. The second-order valence-corrected chi connectivity index (χ2v) is 4.30. The van der Waals surface area contributed by atoms with Gasteiger partial charge in [0.05, 0.1) is 17.7 Å². The average Bonchev–Trinajstić information content (AvgIpc) is 2.37. The Morgan fingerprint density at radius 2 is 2.18 bits per heavy atom. The number of rotatable bonds is 1. The third kappa shape index (κ3) is 2.02. The van der Waals surface area contributed by atoms with Crippen LogP contribution in [0.1, 0.15) is 30.6 Å². The summed E-state index contributed by atoms with van der Waals surface area (Å²) < 4.78 is 5.71. The predicted molar refractivity (Wildman–Crippen MR) is 64.6 cm³/mol. The van der Waals surface area contributed by atoms with Gasteiger partial charge in [-0.1, -0.05) is 6.07 Å². The summed E-state index contributed by atoms with van der Waals surface area (Å²) in [6, 6.07) is 5.27. The van der Waals surface area contributed by atoms with Gasteiger partial charge < -0.3 is 9.64 Å². The Morgan fingerprint density at radius 3 is 2.82 bits per heavy atom. The highest BCUT2D eigenvalue weighted by atomic mass is 16.5. The zero-order chi connectivity index (χ0) is 12.6. The Kier molecular flexibility index (Phi) is 2.88. The SMILES string of the molecule is CC(=O)c1cccc2c1OC(C)CC(=O)N2C. The zero-order valence-corrected chi connectivity index (χ0v) is 10.2. The van der Waals surface area contributed by atoms with Gasteiger partial charge in [-0.25, -0.2) is 0 Å². The Hall–Kier alpha value is -1.84. The topological polar surface area (TPSA) is 46.6 Å². The van der Waals surface area contributed by atoms with E-state index in [2.05, 4.69) is 0 Å². The van der Waals surface area contributed by atoms with Crippen molar-refractivity contribution in [2.45, 2.75) is 26.4 Å². The first kappa shape index (κ1) is 11.6. The quantitative estimate of drug-likeness (QED) is 0.697. The van der Waals surface area contributed by atoms with Crippen LogP contribution in [0.15, 0.2) is 18.2 Å². The molecule has 1 unspecified atom stereocenters. The fraction of sp³-hybridized carbons (Fsp3) is 0.385. The molecule has 17 heavy (non-hydrogen) atoms. The van der Waals surface area contributed by atoms with E-state index >= 15 is 0 Å². The number of benzene rings is 1. The molecule has 0 bridgehead atoms. The molecule has 0 saturated carbocycles. The van der Waals surface area contributed by atoms with E-state index in [1.54, 1.807) is 30.1 Å². The molecule has 0 aliphatic carbocycles. The van der Waals surface area contributed by atoms with Crippen LogP contribution >= 0.6 is 0 Å². The Labute approximate surface area is 100 Å². The van der Waals surface area contributed by atoms with Crippen molar-refractivity contribution in [3.8, 4) is 5.75 Å². The van der Waals surface area contributed by atoms with E-state index in [0.717, 1.165) is 0 Å². The standard InChI is InChI=1S/C13H15NO3/c1-8-7-12(16)14(3)11-6-4-5-10(9(2)15)13(11)17-8/h4-6,8H,7H2,1-3H3. The smallest absolute Gasteiger partial charge is 0.230 e. The molecule has 1 aliphatic rings. The lowest BCUT2D eigenvalue weighted by Gasteiger charge is -2.17. The molecule has 1 aromatic rings. The van der Waals surface area contributed by atoms with Gasteiger partial charge in [-0.15, -0.1) is 0 Å². The van der Waals surface area contributed by atoms with Gasteiger partial charge in [-0.2, -0.15) is 0 Å². The Morgan fingerprint density at radius 1 is 1.47 bits per heavy atom. The molecule has 1 amide bonds. The van der Waals surface area contributed by atoms with Gasteiger partial charge in [-0.05, 0) is 26.0 Å². The summed E-state index contributed by atoms with van der Waals surface area (Å²) in [6.07, 6.45) is 0.106. The van der Waals surface area contributed by atoms with Crippen LogP contribution in [-0.2, 0) is 4.79 Å². The van der Waals surface area contributed by atoms with E-state index in [1.165, 1.54) is 6.92 Å². The van der Waals surface area contributed by atoms with Crippen LogP contribution in [-0.4, -0.2) is 24.8 Å². The van der Waals surface area contributed by atoms with Crippen molar-refractivity contribution in [1.29, 1.82) is 0 Å². The average molecular weight is 233 g/mol. The largest absolute Gasteiger partial charge is 0.487 e. The molecule has 1 heterocycles. The lowest BCUT2D eigenvalue weighted by Crippen LogP contribution is -2.27. The summed E-state index contributed by atoms with van der Waals surface area (Å²) in [5.41, 5.74) is 1.18. The van der Waals surface area contributed by atoms with E-state index < -0.39 is 0 Å². The van der Waals surface area contributed by atoms with Gasteiger partial charge in [0.15, 0.2) is 11.5 Å². The van der Waals surface area contributed by atoms with E-state index in [9.17, 15) is 9.59 Å². The molecule has 1 aliphatic heterocycles. The number of Topliss-reactive ketones (excluding diaryl/α,β-unsaturated/α-hetero) is 1. The Balaban J connectivity index is 2.60. The highest BCUT2D eigenvalue weighted by Gasteiger charge is 2.26. The monoisotopic (exact) mass is 233 g/mol. The van der Waals surface area contributed by atoms with E-state index in [-0.39, 0.29) is 17.8 Å². The predicted octanol–water partition coefficient (Wildman–Crippen LogP) is 2.02. The van der Waals surface area contributed by atoms with Gasteiger partial charge in [0, 0.05) is 7.05 Å². The van der Waals surface area contributed by atoms with Crippen molar-refractivity contribution in [3.05, 3.63) is 23.8 Å². The third-order valence-electron chi connectivity index (χ3n) is 2.89. The number of hydrogen-bond acceptors (Lipinski definition) is 3. The van der Waals surface area contributed by atoms with Crippen molar-refractivity contribution in [2.24, 2.45) is 0 Å². The Bertz CT molecular complexity index is 482. The number of hydrogen-bond donors (Lipinski definition) is 0. The molecule has 0 N–H and O–H groups in total. The van der Waals surface area contributed by atoms with Gasteiger partial charge in [0.1, 0.15) is 6.10 Å². The number of carbonyl (C=O) groups is 2. The van der Waals surface area contributed by atoms with Crippen molar-refractivity contribution in [3.63, 3.8) is 0 Å². The highest BCUT2D eigenvalue weighted by Crippen LogP contribution is 2.35. The number of nitrogens with zero attached hydrogens (tertiary/aromatic N) is 1. The first-order chi connectivity index (χ1) is 8.00. The molecular weight excluding hydrogens is 218 g/mol. The van der Waals surface area contributed by atoms with Gasteiger partial charge in [0.2, 0.25) is 5.91 Å². The third-order valence-corrected chi connectivity index (χ3v) is 2.89. The molecule has 1 atom stereocenters. The van der Waals surface area contributed by atoms with Crippen molar-refractivity contribution < 1.29 is 14.3 Å². The van der Waals surface area contributed by atoms with Crippen LogP contribution in [0, 0.1) is 0 Å². The fourth-order valence-electron chi connectivity index (χ4n) is 1.95. The number of amides is 1. The molecule has 2 rings (SSSR count).